The Morgan fingerprint density at radius 2 is 1.89 bits per heavy atom. The second-order valence-electron chi connectivity index (χ2n) is 4.40. The van der Waals surface area contributed by atoms with Crippen LogP contribution in [0.1, 0.15) is 17.5 Å². The molecule has 2 rings (SSSR count). The summed E-state index contributed by atoms with van der Waals surface area (Å²) in [5.74, 6) is 0.358. The van der Waals surface area contributed by atoms with Gasteiger partial charge in [-0.25, -0.2) is 0 Å². The van der Waals surface area contributed by atoms with Crippen LogP contribution in [0.3, 0.4) is 0 Å². The molecule has 3 heteroatoms. The average molecular weight is 262 g/mol. The van der Waals surface area contributed by atoms with Crippen molar-refractivity contribution in [2.45, 2.75) is 19.9 Å². The number of carbonyl (C=O) groups is 1. The molecule has 0 bridgehead atoms. The number of amides is 1. The minimum absolute atomic E-state index is 0.00555. The highest BCUT2D eigenvalue weighted by molar-refractivity contribution is 6.18. The van der Waals surface area contributed by atoms with Crippen LogP contribution in [0, 0.1) is 6.92 Å². The highest BCUT2D eigenvalue weighted by Crippen LogP contribution is 2.17. The van der Waals surface area contributed by atoms with E-state index in [4.69, 9.17) is 11.6 Å². The molecule has 0 atom stereocenters. The first-order valence-corrected chi connectivity index (χ1v) is 6.54. The van der Waals surface area contributed by atoms with E-state index in [0.717, 1.165) is 5.56 Å². The highest BCUT2D eigenvalue weighted by Gasteiger charge is 2.01. The largest absolute Gasteiger partial charge is 0.352 e. The van der Waals surface area contributed by atoms with E-state index in [-0.39, 0.29) is 5.91 Å². The first-order chi connectivity index (χ1) is 8.69. The zero-order valence-corrected chi connectivity index (χ0v) is 11.1. The molecule has 0 saturated heterocycles. The predicted octanol–water partition coefficient (Wildman–Crippen LogP) is 3.39. The van der Waals surface area contributed by atoms with Crippen LogP contribution in [-0.2, 0) is 11.3 Å². The van der Waals surface area contributed by atoms with Gasteiger partial charge in [-0.2, -0.15) is 0 Å². The van der Waals surface area contributed by atoms with Gasteiger partial charge in [0.25, 0.3) is 0 Å². The molecular weight excluding hydrogens is 246 g/mol. The summed E-state index contributed by atoms with van der Waals surface area (Å²) in [5.41, 5.74) is 2.36. The van der Waals surface area contributed by atoms with E-state index in [9.17, 15) is 4.79 Å². The molecule has 0 heterocycles. The Labute approximate surface area is 112 Å². The van der Waals surface area contributed by atoms with E-state index in [1.54, 1.807) is 0 Å². The van der Waals surface area contributed by atoms with E-state index in [1.165, 1.54) is 16.3 Å². The molecule has 0 aromatic heterocycles. The van der Waals surface area contributed by atoms with E-state index in [2.05, 4.69) is 42.6 Å². The van der Waals surface area contributed by atoms with Crippen molar-refractivity contribution in [3.05, 3.63) is 47.5 Å². The van der Waals surface area contributed by atoms with Crippen LogP contribution in [0.15, 0.2) is 36.4 Å². The maximum absolute atomic E-state index is 11.3. The number of aryl methyl sites for hydroxylation is 1. The smallest absolute Gasteiger partial charge is 0.221 e. The van der Waals surface area contributed by atoms with Crippen LogP contribution in [0.5, 0.6) is 0 Å². The summed E-state index contributed by atoms with van der Waals surface area (Å²) in [7, 11) is 0. The fourth-order valence-corrected chi connectivity index (χ4v) is 2.07. The third kappa shape index (κ3) is 3.23. The van der Waals surface area contributed by atoms with Crippen molar-refractivity contribution in [1.82, 2.24) is 5.32 Å². The van der Waals surface area contributed by atoms with Gasteiger partial charge in [-0.15, -0.1) is 11.6 Å². The first kappa shape index (κ1) is 12.9. The zero-order valence-electron chi connectivity index (χ0n) is 10.4. The third-order valence-electron chi connectivity index (χ3n) is 2.87. The fraction of sp³-hybridized carbons (Fsp3) is 0.267. The molecule has 0 saturated carbocycles. The van der Waals surface area contributed by atoms with Crippen LogP contribution in [-0.4, -0.2) is 11.8 Å². The van der Waals surface area contributed by atoms with E-state index >= 15 is 0 Å². The minimum Gasteiger partial charge on any atom is -0.352 e. The predicted molar refractivity (Wildman–Crippen MR) is 75.9 cm³/mol. The lowest BCUT2D eigenvalue weighted by Crippen LogP contribution is -2.22. The van der Waals surface area contributed by atoms with Crippen molar-refractivity contribution in [1.29, 1.82) is 0 Å². The number of alkyl halides is 1. The first-order valence-electron chi connectivity index (χ1n) is 6.01. The van der Waals surface area contributed by atoms with Gasteiger partial charge < -0.3 is 5.32 Å². The lowest BCUT2D eigenvalue weighted by atomic mass is 10.0. The van der Waals surface area contributed by atoms with E-state index < -0.39 is 0 Å². The maximum Gasteiger partial charge on any atom is 0.221 e. The monoisotopic (exact) mass is 261 g/mol. The van der Waals surface area contributed by atoms with E-state index in [0.29, 0.717) is 18.8 Å². The van der Waals surface area contributed by atoms with Crippen LogP contribution >= 0.6 is 11.6 Å². The molecule has 0 radical (unpaired) electrons. The van der Waals surface area contributed by atoms with Gasteiger partial charge in [-0.05, 0) is 29.3 Å². The van der Waals surface area contributed by atoms with Crippen LogP contribution in [0.2, 0.25) is 0 Å². The summed E-state index contributed by atoms with van der Waals surface area (Å²) < 4.78 is 0. The molecule has 1 N–H and O–H groups in total. The Hall–Kier alpha value is -1.54. The van der Waals surface area contributed by atoms with Gasteiger partial charge in [0.05, 0.1) is 0 Å². The summed E-state index contributed by atoms with van der Waals surface area (Å²) in [6, 6.07) is 12.6. The van der Waals surface area contributed by atoms with Gasteiger partial charge in [0.1, 0.15) is 0 Å². The summed E-state index contributed by atoms with van der Waals surface area (Å²) in [6.45, 7) is 2.64. The molecule has 0 aliphatic carbocycles. The topological polar surface area (TPSA) is 29.1 Å². The molecule has 0 aliphatic heterocycles. The Morgan fingerprint density at radius 1 is 1.17 bits per heavy atom. The lowest BCUT2D eigenvalue weighted by Gasteiger charge is -2.06. The van der Waals surface area contributed by atoms with Crippen molar-refractivity contribution in [3.8, 4) is 0 Å². The van der Waals surface area contributed by atoms with Crippen LogP contribution in [0.4, 0.5) is 0 Å². The molecule has 18 heavy (non-hydrogen) atoms. The quantitative estimate of drug-likeness (QED) is 0.840. The van der Waals surface area contributed by atoms with Crippen molar-refractivity contribution in [3.63, 3.8) is 0 Å². The Balaban J connectivity index is 2.10. The van der Waals surface area contributed by atoms with Gasteiger partial charge >= 0.3 is 0 Å². The molecule has 2 aromatic rings. The molecule has 94 valence electrons. The van der Waals surface area contributed by atoms with Crippen molar-refractivity contribution < 1.29 is 4.79 Å². The standard InChI is InChI=1S/C15H16ClNO/c1-11-2-4-14-9-12(3-5-13(14)8-11)10-17-15(18)6-7-16/h2-5,8-9H,6-7,10H2,1H3,(H,17,18). The van der Waals surface area contributed by atoms with E-state index in [1.807, 2.05) is 6.07 Å². The summed E-state index contributed by atoms with van der Waals surface area (Å²) in [4.78, 5) is 11.3. The lowest BCUT2D eigenvalue weighted by molar-refractivity contribution is -0.120. The van der Waals surface area contributed by atoms with Crippen molar-refractivity contribution in [2.75, 3.05) is 5.88 Å². The number of fused-ring (bicyclic) bond motifs is 1. The molecule has 2 aromatic carbocycles. The SMILES string of the molecule is Cc1ccc2cc(CNC(=O)CCCl)ccc2c1. The minimum atomic E-state index is -0.00555. The Morgan fingerprint density at radius 3 is 2.67 bits per heavy atom. The second-order valence-corrected chi connectivity index (χ2v) is 4.78. The number of carbonyl (C=O) groups excluding carboxylic acids is 1. The molecule has 2 nitrogen and oxygen atoms in total. The van der Waals surface area contributed by atoms with Gasteiger partial charge in [0.15, 0.2) is 0 Å². The summed E-state index contributed by atoms with van der Waals surface area (Å²) in [5, 5.41) is 5.28. The summed E-state index contributed by atoms with van der Waals surface area (Å²) in [6.07, 6.45) is 0.369. The Kier molecular flexibility index (Phi) is 4.21. The van der Waals surface area contributed by atoms with Gasteiger partial charge in [0.2, 0.25) is 5.91 Å². The molecule has 0 fully saturated rings. The van der Waals surface area contributed by atoms with Gasteiger partial charge in [-0.1, -0.05) is 35.9 Å². The highest BCUT2D eigenvalue weighted by atomic mass is 35.5. The number of rotatable bonds is 4. The van der Waals surface area contributed by atoms with Gasteiger partial charge in [-0.3, -0.25) is 4.79 Å². The number of nitrogens with one attached hydrogen (secondary N) is 1. The maximum atomic E-state index is 11.3. The van der Waals surface area contributed by atoms with Crippen LogP contribution in [0.25, 0.3) is 10.8 Å². The Bertz CT molecular complexity index is 565. The molecule has 0 aliphatic rings. The van der Waals surface area contributed by atoms with Crippen LogP contribution < -0.4 is 5.32 Å². The van der Waals surface area contributed by atoms with Crippen molar-refractivity contribution in [2.24, 2.45) is 0 Å². The number of hydrogen-bond donors (Lipinski definition) is 1. The summed E-state index contributed by atoms with van der Waals surface area (Å²) >= 11 is 5.51. The average Bonchev–Trinajstić information content (AvgIpc) is 2.36. The molecule has 0 unspecified atom stereocenters. The second kappa shape index (κ2) is 5.87. The molecular formula is C15H16ClNO. The van der Waals surface area contributed by atoms with Crippen molar-refractivity contribution >= 4 is 28.3 Å². The number of hydrogen-bond acceptors (Lipinski definition) is 1. The number of benzene rings is 2. The molecule has 1 amide bonds. The van der Waals surface area contributed by atoms with Gasteiger partial charge in [0, 0.05) is 18.8 Å². The molecule has 0 spiro atoms. The normalized spacial score (nSPS) is 10.6. The zero-order chi connectivity index (χ0) is 13.0. The fourth-order valence-electron chi connectivity index (χ4n) is 1.90. The third-order valence-corrected chi connectivity index (χ3v) is 3.06. The number of halogens is 1.